The Balaban J connectivity index is 2.42. The van der Waals surface area contributed by atoms with Crippen molar-refractivity contribution in [3.8, 4) is 0 Å². The molecule has 20 heavy (non-hydrogen) atoms. The largest absolute Gasteiger partial charge is 0.461 e. The maximum absolute atomic E-state index is 11.7. The van der Waals surface area contributed by atoms with Crippen molar-refractivity contribution in [2.24, 2.45) is 11.8 Å². The number of carbonyl (C=O) groups is 1. The fraction of sp³-hybridized carbons (Fsp3) is 0.533. The van der Waals surface area contributed by atoms with Crippen molar-refractivity contribution in [3.63, 3.8) is 0 Å². The fourth-order valence-corrected chi connectivity index (χ4v) is 2.13. The van der Waals surface area contributed by atoms with Crippen LogP contribution in [0.4, 0.5) is 0 Å². The van der Waals surface area contributed by atoms with Gasteiger partial charge in [-0.1, -0.05) is 44.2 Å². The normalized spacial score (nSPS) is 12.2. The number of carbonyl (C=O) groups excluding carboxylic acids is 1. The fourth-order valence-electron chi connectivity index (χ4n) is 2.13. The van der Waals surface area contributed by atoms with E-state index in [1.54, 1.807) is 0 Å². The van der Waals surface area contributed by atoms with Crippen LogP contribution in [-0.4, -0.2) is 17.4 Å². The first-order valence-electron chi connectivity index (χ1n) is 6.78. The monoisotopic (exact) mass is 279 g/mol. The third-order valence-corrected chi connectivity index (χ3v) is 2.91. The van der Waals surface area contributed by atoms with Crippen LogP contribution >= 0.6 is 0 Å². The van der Waals surface area contributed by atoms with Crippen molar-refractivity contribution >= 4 is 5.97 Å². The second kappa shape index (κ2) is 8.30. The maximum atomic E-state index is 11.7. The van der Waals surface area contributed by atoms with Gasteiger partial charge in [-0.2, -0.15) is 0 Å². The molecule has 1 atom stereocenters. The molecule has 1 unspecified atom stereocenters. The topological polar surface area (TPSA) is 69.4 Å². The summed E-state index contributed by atoms with van der Waals surface area (Å²) < 4.78 is 5.16. The van der Waals surface area contributed by atoms with Gasteiger partial charge < -0.3 is 4.74 Å². The number of benzene rings is 1. The van der Waals surface area contributed by atoms with Gasteiger partial charge in [0.25, 0.3) is 0 Å². The van der Waals surface area contributed by atoms with E-state index in [-0.39, 0.29) is 36.4 Å². The van der Waals surface area contributed by atoms with Crippen LogP contribution in [0.15, 0.2) is 30.3 Å². The van der Waals surface area contributed by atoms with Gasteiger partial charge in [0.2, 0.25) is 6.54 Å². The molecule has 0 aliphatic carbocycles. The van der Waals surface area contributed by atoms with Gasteiger partial charge in [-0.05, 0) is 17.9 Å². The molecular weight excluding hydrogens is 258 g/mol. The average Bonchev–Trinajstić information content (AvgIpc) is 2.36. The molecule has 0 aromatic heterocycles. The van der Waals surface area contributed by atoms with E-state index in [2.05, 4.69) is 0 Å². The molecule has 0 heterocycles. The molecule has 1 rings (SSSR count). The lowest BCUT2D eigenvalue weighted by Gasteiger charge is -2.14. The van der Waals surface area contributed by atoms with E-state index in [9.17, 15) is 14.9 Å². The molecule has 0 fully saturated rings. The van der Waals surface area contributed by atoms with Crippen LogP contribution < -0.4 is 0 Å². The van der Waals surface area contributed by atoms with Crippen molar-refractivity contribution in [2.45, 2.75) is 33.3 Å². The molecule has 110 valence electrons. The summed E-state index contributed by atoms with van der Waals surface area (Å²) in [5.74, 6) is -0.309. The van der Waals surface area contributed by atoms with Crippen LogP contribution in [-0.2, 0) is 16.1 Å². The van der Waals surface area contributed by atoms with Crippen molar-refractivity contribution in [1.82, 2.24) is 0 Å². The van der Waals surface area contributed by atoms with Gasteiger partial charge in [0, 0.05) is 10.8 Å². The smallest absolute Gasteiger partial charge is 0.306 e. The number of nitro groups is 1. The van der Waals surface area contributed by atoms with E-state index in [1.807, 2.05) is 44.2 Å². The summed E-state index contributed by atoms with van der Waals surface area (Å²) in [6, 6.07) is 9.38. The van der Waals surface area contributed by atoms with E-state index < -0.39 is 0 Å². The lowest BCUT2D eigenvalue weighted by Crippen LogP contribution is -2.21. The third kappa shape index (κ3) is 6.87. The zero-order valence-corrected chi connectivity index (χ0v) is 12.0. The van der Waals surface area contributed by atoms with Crippen LogP contribution in [0.2, 0.25) is 0 Å². The lowest BCUT2D eigenvalue weighted by atomic mass is 9.94. The predicted octanol–water partition coefficient (Wildman–Crippen LogP) is 3.06. The number of hydrogen-bond donors (Lipinski definition) is 0. The molecule has 1 aromatic rings. The SMILES string of the molecule is CC(C)CC(CC(=O)OCc1ccccc1)C[N+](=O)[O-]. The van der Waals surface area contributed by atoms with Gasteiger partial charge >= 0.3 is 5.97 Å². The van der Waals surface area contributed by atoms with E-state index >= 15 is 0 Å². The average molecular weight is 279 g/mol. The Morgan fingerprint density at radius 1 is 1.30 bits per heavy atom. The molecule has 5 nitrogen and oxygen atoms in total. The Morgan fingerprint density at radius 3 is 2.50 bits per heavy atom. The minimum absolute atomic E-state index is 0.103. The summed E-state index contributed by atoms with van der Waals surface area (Å²) in [5.41, 5.74) is 0.913. The second-order valence-electron chi connectivity index (χ2n) is 5.36. The number of nitrogens with zero attached hydrogens (tertiary/aromatic N) is 1. The maximum Gasteiger partial charge on any atom is 0.306 e. The van der Waals surface area contributed by atoms with Crippen LogP contribution in [0.3, 0.4) is 0 Å². The van der Waals surface area contributed by atoms with Crippen LogP contribution in [0.25, 0.3) is 0 Å². The molecule has 0 spiro atoms. The summed E-state index contributed by atoms with van der Waals surface area (Å²) >= 11 is 0. The molecule has 0 bridgehead atoms. The summed E-state index contributed by atoms with van der Waals surface area (Å²) in [5, 5.41) is 10.6. The molecule has 0 N–H and O–H groups in total. The molecule has 0 saturated carbocycles. The Hall–Kier alpha value is -1.91. The van der Waals surface area contributed by atoms with E-state index in [0.29, 0.717) is 12.3 Å². The molecule has 0 saturated heterocycles. The molecule has 0 aliphatic heterocycles. The van der Waals surface area contributed by atoms with Crippen molar-refractivity contribution < 1.29 is 14.5 Å². The summed E-state index contributed by atoms with van der Waals surface area (Å²) in [7, 11) is 0. The van der Waals surface area contributed by atoms with Crippen molar-refractivity contribution in [2.75, 3.05) is 6.54 Å². The predicted molar refractivity (Wildman–Crippen MR) is 75.7 cm³/mol. The highest BCUT2D eigenvalue weighted by molar-refractivity contribution is 5.69. The minimum Gasteiger partial charge on any atom is -0.461 e. The Labute approximate surface area is 119 Å². The van der Waals surface area contributed by atoms with Gasteiger partial charge in [0.1, 0.15) is 6.61 Å². The second-order valence-corrected chi connectivity index (χ2v) is 5.36. The van der Waals surface area contributed by atoms with Gasteiger partial charge in [-0.25, -0.2) is 0 Å². The van der Waals surface area contributed by atoms with Crippen LogP contribution in [0, 0.1) is 22.0 Å². The van der Waals surface area contributed by atoms with Crippen LogP contribution in [0.1, 0.15) is 32.3 Å². The van der Waals surface area contributed by atoms with Gasteiger partial charge in [-0.15, -0.1) is 0 Å². The molecule has 1 aromatic carbocycles. The highest BCUT2D eigenvalue weighted by Gasteiger charge is 2.21. The lowest BCUT2D eigenvalue weighted by molar-refractivity contribution is -0.488. The number of rotatable bonds is 8. The highest BCUT2D eigenvalue weighted by atomic mass is 16.6. The Bertz CT molecular complexity index is 431. The zero-order valence-electron chi connectivity index (χ0n) is 12.0. The number of esters is 1. The van der Waals surface area contributed by atoms with E-state index in [4.69, 9.17) is 4.74 Å². The van der Waals surface area contributed by atoms with Gasteiger partial charge in [0.05, 0.1) is 6.42 Å². The summed E-state index contributed by atoms with van der Waals surface area (Å²) in [6.45, 7) is 4.01. The molecule has 5 heteroatoms. The molecule has 0 amide bonds. The molecule has 0 radical (unpaired) electrons. The first-order chi connectivity index (χ1) is 9.47. The van der Waals surface area contributed by atoms with Crippen molar-refractivity contribution in [1.29, 1.82) is 0 Å². The Morgan fingerprint density at radius 2 is 1.95 bits per heavy atom. The standard InChI is InChI=1S/C15H21NO4/c1-12(2)8-14(10-16(18)19)9-15(17)20-11-13-6-4-3-5-7-13/h3-7,12,14H,8-11H2,1-2H3. The number of hydrogen-bond acceptors (Lipinski definition) is 4. The van der Waals surface area contributed by atoms with Crippen molar-refractivity contribution in [3.05, 3.63) is 46.0 Å². The first-order valence-corrected chi connectivity index (χ1v) is 6.78. The minimum atomic E-state index is -0.374. The van der Waals surface area contributed by atoms with E-state index in [1.165, 1.54) is 0 Å². The molecule has 0 aliphatic rings. The summed E-state index contributed by atoms with van der Waals surface area (Å²) in [6.07, 6.45) is 0.757. The zero-order chi connectivity index (χ0) is 15.0. The number of ether oxygens (including phenoxy) is 1. The molecular formula is C15H21NO4. The highest BCUT2D eigenvalue weighted by Crippen LogP contribution is 2.17. The van der Waals surface area contributed by atoms with Gasteiger partial charge in [-0.3, -0.25) is 14.9 Å². The van der Waals surface area contributed by atoms with E-state index in [0.717, 1.165) is 5.56 Å². The van der Waals surface area contributed by atoms with Gasteiger partial charge in [0.15, 0.2) is 0 Å². The first kappa shape index (κ1) is 16.1. The quantitative estimate of drug-likeness (QED) is 0.416. The summed E-state index contributed by atoms with van der Waals surface area (Å²) in [4.78, 5) is 22.0. The Kier molecular flexibility index (Phi) is 6.70. The third-order valence-electron chi connectivity index (χ3n) is 2.91. The van der Waals surface area contributed by atoms with Crippen LogP contribution in [0.5, 0.6) is 0 Å².